The first-order valence-electron chi connectivity index (χ1n) is 9.42. The molecule has 170 valence electrons. The number of carbonyl (C=O) groups is 1. The number of carboxylic acids is 1. The molecule has 2 N–H and O–H groups in total. The number of anilines is 1. The maximum Gasteiger partial charge on any atom is 0.335 e. The van der Waals surface area contributed by atoms with E-state index in [1.54, 1.807) is 24.3 Å². The van der Waals surface area contributed by atoms with Crippen molar-refractivity contribution in [1.82, 2.24) is 0 Å². The van der Waals surface area contributed by atoms with Gasteiger partial charge in [-0.2, -0.15) is 8.42 Å². The molecular formula is C22H16FNO7S2. The third-order valence-electron chi connectivity index (χ3n) is 4.78. The Balaban J connectivity index is 1.74. The van der Waals surface area contributed by atoms with E-state index < -0.39 is 53.1 Å². The molecule has 4 aromatic rings. The van der Waals surface area contributed by atoms with Crippen LogP contribution in [0.25, 0.3) is 11.0 Å². The van der Waals surface area contributed by atoms with Crippen LogP contribution in [-0.4, -0.2) is 27.9 Å². The Kier molecular flexibility index (Phi) is 5.68. The summed E-state index contributed by atoms with van der Waals surface area (Å²) in [6.45, 7) is 0. The fraction of sp³-hybridized carbons (Fsp3) is 0.0455. The zero-order valence-electron chi connectivity index (χ0n) is 16.7. The number of benzene rings is 3. The molecule has 4 rings (SSSR count). The zero-order chi connectivity index (χ0) is 23.8. The Hall–Kier alpha value is -3.70. The van der Waals surface area contributed by atoms with Crippen LogP contribution in [0.1, 0.15) is 15.9 Å². The molecule has 0 unspecified atom stereocenters. The van der Waals surface area contributed by atoms with Crippen molar-refractivity contribution >= 4 is 42.5 Å². The van der Waals surface area contributed by atoms with Crippen molar-refractivity contribution in [1.29, 1.82) is 0 Å². The van der Waals surface area contributed by atoms with Crippen molar-refractivity contribution in [2.24, 2.45) is 0 Å². The average molecular weight is 490 g/mol. The van der Waals surface area contributed by atoms with Gasteiger partial charge in [0.15, 0.2) is 9.84 Å². The lowest BCUT2D eigenvalue weighted by atomic mass is 10.1. The van der Waals surface area contributed by atoms with Crippen LogP contribution in [0.3, 0.4) is 0 Å². The molecule has 0 atom stereocenters. The quantitative estimate of drug-likeness (QED) is 0.375. The van der Waals surface area contributed by atoms with Gasteiger partial charge >= 0.3 is 5.97 Å². The minimum absolute atomic E-state index is 0.000385. The number of carboxylic acid groups (broad SMARTS) is 1. The molecule has 0 radical (unpaired) electrons. The van der Waals surface area contributed by atoms with E-state index in [9.17, 15) is 31.1 Å². The molecule has 0 saturated heterocycles. The number of sulfone groups is 1. The minimum Gasteiger partial charge on any atom is -0.478 e. The van der Waals surface area contributed by atoms with Gasteiger partial charge in [-0.1, -0.05) is 36.4 Å². The molecule has 8 nitrogen and oxygen atoms in total. The Morgan fingerprint density at radius 1 is 0.939 bits per heavy atom. The molecule has 0 aliphatic rings. The summed E-state index contributed by atoms with van der Waals surface area (Å²) in [5, 5.41) is 9.35. The van der Waals surface area contributed by atoms with Gasteiger partial charge in [0.2, 0.25) is 5.09 Å². The third kappa shape index (κ3) is 4.59. The molecule has 0 amide bonds. The first-order chi connectivity index (χ1) is 15.6. The average Bonchev–Trinajstić information content (AvgIpc) is 3.19. The van der Waals surface area contributed by atoms with Crippen LogP contribution in [0.2, 0.25) is 0 Å². The van der Waals surface area contributed by atoms with E-state index in [0.717, 1.165) is 18.2 Å². The predicted octanol–water partition coefficient (Wildman–Crippen LogP) is 4.04. The number of halogens is 1. The number of nitrogens with one attached hydrogen (secondary N) is 1. The molecule has 11 heteroatoms. The summed E-state index contributed by atoms with van der Waals surface area (Å²) in [6.07, 6.45) is 0. The fourth-order valence-corrected chi connectivity index (χ4v) is 5.92. The largest absolute Gasteiger partial charge is 0.478 e. The second kappa shape index (κ2) is 8.34. The molecule has 33 heavy (non-hydrogen) atoms. The molecule has 0 aliphatic carbocycles. The van der Waals surface area contributed by atoms with Crippen molar-refractivity contribution in [3.05, 3.63) is 89.7 Å². The highest BCUT2D eigenvalue weighted by atomic mass is 32.2. The topological polar surface area (TPSA) is 131 Å². The SMILES string of the molecule is O=C(O)c1ccccc1CS(=O)(=O)c1ccc(F)cc1NS(=O)(=O)c1cc2ccccc2o1. The van der Waals surface area contributed by atoms with Crippen LogP contribution < -0.4 is 4.72 Å². The van der Waals surface area contributed by atoms with Gasteiger partial charge in [-0.3, -0.25) is 4.72 Å². The fourth-order valence-electron chi connectivity index (χ4n) is 3.28. The molecule has 3 aromatic carbocycles. The van der Waals surface area contributed by atoms with Gasteiger partial charge in [-0.05, 0) is 35.9 Å². The van der Waals surface area contributed by atoms with Crippen LogP contribution >= 0.6 is 0 Å². The zero-order valence-corrected chi connectivity index (χ0v) is 18.4. The molecule has 0 spiro atoms. The minimum atomic E-state index is -4.41. The van der Waals surface area contributed by atoms with E-state index in [-0.39, 0.29) is 11.1 Å². The number of para-hydroxylation sites is 1. The van der Waals surface area contributed by atoms with E-state index in [4.69, 9.17) is 4.42 Å². The van der Waals surface area contributed by atoms with Gasteiger partial charge in [0.25, 0.3) is 10.0 Å². The monoisotopic (exact) mass is 489 g/mol. The number of hydrogen-bond donors (Lipinski definition) is 2. The molecule has 0 aliphatic heterocycles. The highest BCUT2D eigenvalue weighted by Crippen LogP contribution is 2.30. The van der Waals surface area contributed by atoms with E-state index >= 15 is 0 Å². The van der Waals surface area contributed by atoms with Gasteiger partial charge in [0, 0.05) is 11.5 Å². The van der Waals surface area contributed by atoms with Crippen LogP contribution in [0, 0.1) is 5.82 Å². The lowest BCUT2D eigenvalue weighted by Gasteiger charge is -2.13. The number of furan rings is 1. The first-order valence-corrected chi connectivity index (χ1v) is 12.6. The van der Waals surface area contributed by atoms with E-state index in [2.05, 4.69) is 4.72 Å². The van der Waals surface area contributed by atoms with Crippen molar-refractivity contribution < 1.29 is 35.5 Å². The summed E-state index contributed by atoms with van der Waals surface area (Å²) < 4.78 is 73.3. The van der Waals surface area contributed by atoms with Crippen LogP contribution in [0.4, 0.5) is 10.1 Å². The van der Waals surface area contributed by atoms with Gasteiger partial charge < -0.3 is 9.52 Å². The van der Waals surface area contributed by atoms with Crippen LogP contribution in [-0.2, 0) is 25.6 Å². The lowest BCUT2D eigenvalue weighted by molar-refractivity contribution is 0.0696. The van der Waals surface area contributed by atoms with Crippen LogP contribution in [0.5, 0.6) is 0 Å². The number of sulfonamides is 1. The van der Waals surface area contributed by atoms with Crippen molar-refractivity contribution in [3.63, 3.8) is 0 Å². The van der Waals surface area contributed by atoms with Gasteiger partial charge in [-0.25, -0.2) is 17.6 Å². The highest BCUT2D eigenvalue weighted by Gasteiger charge is 2.27. The number of rotatable bonds is 7. The van der Waals surface area contributed by atoms with E-state index in [1.807, 2.05) is 0 Å². The van der Waals surface area contributed by atoms with Crippen molar-refractivity contribution in [2.45, 2.75) is 15.7 Å². The summed E-state index contributed by atoms with van der Waals surface area (Å²) in [6, 6.07) is 15.8. The Morgan fingerprint density at radius 2 is 1.64 bits per heavy atom. The van der Waals surface area contributed by atoms with Crippen molar-refractivity contribution in [3.8, 4) is 0 Å². The van der Waals surface area contributed by atoms with Gasteiger partial charge in [0.1, 0.15) is 11.4 Å². The van der Waals surface area contributed by atoms with Gasteiger partial charge in [-0.15, -0.1) is 0 Å². The lowest BCUT2D eigenvalue weighted by Crippen LogP contribution is -2.16. The number of fused-ring (bicyclic) bond motifs is 1. The molecule has 1 heterocycles. The summed E-state index contributed by atoms with van der Waals surface area (Å²) in [4.78, 5) is 10.9. The first kappa shape index (κ1) is 22.5. The summed E-state index contributed by atoms with van der Waals surface area (Å²) in [7, 11) is -8.69. The maximum atomic E-state index is 13.9. The summed E-state index contributed by atoms with van der Waals surface area (Å²) in [5.74, 6) is -2.92. The van der Waals surface area contributed by atoms with Crippen LogP contribution in [0.15, 0.2) is 87.2 Å². The van der Waals surface area contributed by atoms with E-state index in [0.29, 0.717) is 11.0 Å². The van der Waals surface area contributed by atoms with Gasteiger partial charge in [0.05, 0.1) is 21.9 Å². The molecular weight excluding hydrogens is 473 g/mol. The normalized spacial score (nSPS) is 12.0. The summed E-state index contributed by atoms with van der Waals surface area (Å²) in [5.41, 5.74) is -0.438. The van der Waals surface area contributed by atoms with Crippen molar-refractivity contribution in [2.75, 3.05) is 4.72 Å². The molecule has 0 bridgehead atoms. The Morgan fingerprint density at radius 3 is 2.36 bits per heavy atom. The summed E-state index contributed by atoms with van der Waals surface area (Å²) >= 11 is 0. The predicted molar refractivity (Wildman–Crippen MR) is 118 cm³/mol. The Labute approximate surface area is 188 Å². The Bertz CT molecular complexity index is 1560. The number of hydrogen-bond acceptors (Lipinski definition) is 6. The standard InChI is InChI=1S/C22H16FNO7S2/c23-16-9-10-20(32(27,28)13-15-6-1-3-7-17(15)22(25)26)18(12-16)24-33(29,30)21-11-14-5-2-4-8-19(14)31-21/h1-12,24H,13H2,(H,25,26). The molecule has 1 aromatic heterocycles. The number of aromatic carboxylic acids is 1. The highest BCUT2D eigenvalue weighted by molar-refractivity contribution is 7.93. The maximum absolute atomic E-state index is 13.9. The van der Waals surface area contributed by atoms with E-state index in [1.165, 1.54) is 30.3 Å². The second-order valence-electron chi connectivity index (χ2n) is 7.07. The third-order valence-corrected chi connectivity index (χ3v) is 7.72. The smallest absolute Gasteiger partial charge is 0.335 e. The molecule has 0 saturated carbocycles. The second-order valence-corrected chi connectivity index (χ2v) is 10.6. The molecule has 0 fully saturated rings.